The van der Waals surface area contributed by atoms with E-state index < -0.39 is 0 Å². The minimum absolute atomic E-state index is 0.0362. The first-order valence-electron chi connectivity index (χ1n) is 4.72. The Bertz CT molecular complexity index is 328. The first-order valence-corrected chi connectivity index (χ1v) is 5.80. The van der Waals surface area contributed by atoms with Gasteiger partial charge < -0.3 is 10.1 Å². The van der Waals surface area contributed by atoms with Crippen LogP contribution in [0.1, 0.15) is 5.56 Å². The van der Waals surface area contributed by atoms with E-state index in [2.05, 4.69) is 27.9 Å². The number of amides is 1. The maximum Gasteiger partial charge on any atom is 0.224 e. The molecule has 0 bridgehead atoms. The van der Waals surface area contributed by atoms with Gasteiger partial charge in [-0.15, -0.1) is 0 Å². The van der Waals surface area contributed by atoms with Gasteiger partial charge in [-0.3, -0.25) is 4.79 Å². The number of halogens is 1. The molecule has 15 heavy (non-hydrogen) atoms. The summed E-state index contributed by atoms with van der Waals surface area (Å²) >= 11 is 2.24. The summed E-state index contributed by atoms with van der Waals surface area (Å²) in [4.78, 5) is 11.4. The highest BCUT2D eigenvalue weighted by atomic mass is 127. The molecule has 0 aromatic heterocycles. The number of carbonyl (C=O) groups excluding carboxylic acids is 1. The first-order chi connectivity index (χ1) is 7.22. The van der Waals surface area contributed by atoms with Crippen molar-refractivity contribution in [3.63, 3.8) is 0 Å². The number of hydrogen-bond acceptors (Lipinski definition) is 2. The van der Waals surface area contributed by atoms with E-state index in [-0.39, 0.29) is 5.91 Å². The molecule has 1 rings (SSSR count). The normalized spacial score (nSPS) is 10.0. The zero-order chi connectivity index (χ0) is 11.1. The van der Waals surface area contributed by atoms with Crippen LogP contribution in [0, 0.1) is 3.57 Å². The lowest BCUT2D eigenvalue weighted by Crippen LogP contribution is -2.28. The second-order valence-electron chi connectivity index (χ2n) is 3.15. The van der Waals surface area contributed by atoms with E-state index in [1.165, 1.54) is 0 Å². The highest BCUT2D eigenvalue weighted by molar-refractivity contribution is 14.1. The standard InChI is InChI=1S/C11H14INO2/c1-15-6-5-13-11(14)8-9-3-2-4-10(12)7-9/h2-4,7H,5-6,8H2,1H3,(H,13,14). The molecule has 0 fully saturated rings. The van der Waals surface area contributed by atoms with E-state index in [1.807, 2.05) is 24.3 Å². The van der Waals surface area contributed by atoms with E-state index in [1.54, 1.807) is 7.11 Å². The highest BCUT2D eigenvalue weighted by Crippen LogP contribution is 2.08. The number of rotatable bonds is 5. The molecule has 0 spiro atoms. The van der Waals surface area contributed by atoms with Gasteiger partial charge in [0.2, 0.25) is 5.91 Å². The predicted octanol–water partition coefficient (Wildman–Crippen LogP) is 1.60. The maximum absolute atomic E-state index is 11.4. The monoisotopic (exact) mass is 319 g/mol. The van der Waals surface area contributed by atoms with E-state index in [0.29, 0.717) is 19.6 Å². The van der Waals surface area contributed by atoms with Crippen molar-refractivity contribution in [3.8, 4) is 0 Å². The SMILES string of the molecule is COCCNC(=O)Cc1cccc(I)c1. The predicted molar refractivity (Wildman–Crippen MR) is 67.7 cm³/mol. The number of benzene rings is 1. The Labute approximate surface area is 103 Å². The van der Waals surface area contributed by atoms with Crippen molar-refractivity contribution in [2.75, 3.05) is 20.3 Å². The van der Waals surface area contributed by atoms with Crippen molar-refractivity contribution in [2.45, 2.75) is 6.42 Å². The molecular formula is C11H14INO2. The van der Waals surface area contributed by atoms with Crippen LogP contribution in [-0.4, -0.2) is 26.2 Å². The van der Waals surface area contributed by atoms with Crippen LogP contribution in [0.2, 0.25) is 0 Å². The summed E-state index contributed by atoms with van der Waals surface area (Å²) in [6, 6.07) is 7.93. The van der Waals surface area contributed by atoms with Gasteiger partial charge in [-0.25, -0.2) is 0 Å². The molecule has 0 heterocycles. The number of ether oxygens (including phenoxy) is 1. The van der Waals surface area contributed by atoms with Gasteiger partial charge in [0.25, 0.3) is 0 Å². The van der Waals surface area contributed by atoms with Crippen molar-refractivity contribution < 1.29 is 9.53 Å². The van der Waals surface area contributed by atoms with Crippen LogP contribution in [0.25, 0.3) is 0 Å². The summed E-state index contributed by atoms with van der Waals surface area (Å²) in [6.07, 6.45) is 0.431. The largest absolute Gasteiger partial charge is 0.383 e. The minimum atomic E-state index is 0.0362. The van der Waals surface area contributed by atoms with Gasteiger partial charge >= 0.3 is 0 Å². The molecule has 0 atom stereocenters. The quantitative estimate of drug-likeness (QED) is 0.661. The van der Waals surface area contributed by atoms with E-state index in [4.69, 9.17) is 4.74 Å². The molecule has 0 aliphatic heterocycles. The van der Waals surface area contributed by atoms with Crippen LogP contribution in [0.5, 0.6) is 0 Å². The first kappa shape index (κ1) is 12.4. The molecule has 0 saturated carbocycles. The topological polar surface area (TPSA) is 38.3 Å². The van der Waals surface area contributed by atoms with Gasteiger partial charge in [0.05, 0.1) is 13.0 Å². The highest BCUT2D eigenvalue weighted by Gasteiger charge is 2.02. The Kier molecular flexibility index (Phi) is 5.63. The van der Waals surface area contributed by atoms with Gasteiger partial charge in [-0.2, -0.15) is 0 Å². The Morgan fingerprint density at radius 2 is 2.33 bits per heavy atom. The number of methoxy groups -OCH3 is 1. The zero-order valence-corrected chi connectivity index (χ0v) is 10.8. The third-order valence-corrected chi connectivity index (χ3v) is 2.55. The van der Waals surface area contributed by atoms with E-state index in [9.17, 15) is 4.79 Å². The fourth-order valence-electron chi connectivity index (χ4n) is 1.19. The molecule has 3 nitrogen and oxygen atoms in total. The molecule has 0 radical (unpaired) electrons. The third-order valence-electron chi connectivity index (χ3n) is 1.88. The van der Waals surface area contributed by atoms with E-state index in [0.717, 1.165) is 9.13 Å². The Morgan fingerprint density at radius 1 is 1.53 bits per heavy atom. The van der Waals surface area contributed by atoms with Crippen molar-refractivity contribution in [3.05, 3.63) is 33.4 Å². The maximum atomic E-state index is 11.4. The molecule has 82 valence electrons. The zero-order valence-electron chi connectivity index (χ0n) is 8.63. The average molecular weight is 319 g/mol. The molecule has 1 N–H and O–H groups in total. The van der Waals surface area contributed by atoms with Gasteiger partial charge in [0.1, 0.15) is 0 Å². The molecule has 1 amide bonds. The smallest absolute Gasteiger partial charge is 0.224 e. The summed E-state index contributed by atoms with van der Waals surface area (Å²) < 4.78 is 5.99. The summed E-state index contributed by atoms with van der Waals surface area (Å²) in [5, 5.41) is 2.79. The van der Waals surface area contributed by atoms with Crippen LogP contribution in [0.15, 0.2) is 24.3 Å². The molecule has 1 aromatic carbocycles. The van der Waals surface area contributed by atoms with Gasteiger partial charge in [-0.05, 0) is 40.3 Å². The molecular weight excluding hydrogens is 305 g/mol. The molecule has 0 unspecified atom stereocenters. The fourth-order valence-corrected chi connectivity index (χ4v) is 1.79. The Balaban J connectivity index is 2.37. The minimum Gasteiger partial charge on any atom is -0.383 e. The van der Waals surface area contributed by atoms with E-state index >= 15 is 0 Å². The van der Waals surface area contributed by atoms with Crippen LogP contribution >= 0.6 is 22.6 Å². The van der Waals surface area contributed by atoms with Gasteiger partial charge in [-0.1, -0.05) is 12.1 Å². The summed E-state index contributed by atoms with van der Waals surface area (Å²) in [5.41, 5.74) is 1.04. The number of carbonyl (C=O) groups is 1. The molecule has 0 saturated heterocycles. The third kappa shape index (κ3) is 5.13. The van der Waals surface area contributed by atoms with Gasteiger partial charge in [0.15, 0.2) is 0 Å². The average Bonchev–Trinajstić information content (AvgIpc) is 2.18. The van der Waals surface area contributed by atoms with Crippen LogP contribution in [0.4, 0.5) is 0 Å². The van der Waals surface area contributed by atoms with Crippen molar-refractivity contribution >= 4 is 28.5 Å². The summed E-state index contributed by atoms with van der Waals surface area (Å²) in [7, 11) is 1.62. The van der Waals surface area contributed by atoms with Gasteiger partial charge in [0, 0.05) is 17.2 Å². The van der Waals surface area contributed by atoms with Crippen LogP contribution in [-0.2, 0) is 16.0 Å². The Hall–Kier alpha value is -0.620. The molecule has 4 heteroatoms. The molecule has 0 aliphatic carbocycles. The van der Waals surface area contributed by atoms with Crippen molar-refractivity contribution in [1.82, 2.24) is 5.32 Å². The number of nitrogens with one attached hydrogen (secondary N) is 1. The van der Waals surface area contributed by atoms with Crippen molar-refractivity contribution in [1.29, 1.82) is 0 Å². The lowest BCUT2D eigenvalue weighted by molar-refractivity contribution is -0.120. The number of hydrogen-bond donors (Lipinski definition) is 1. The Morgan fingerprint density at radius 3 is 3.00 bits per heavy atom. The van der Waals surface area contributed by atoms with Crippen LogP contribution < -0.4 is 5.32 Å². The fraction of sp³-hybridized carbons (Fsp3) is 0.364. The van der Waals surface area contributed by atoms with Crippen molar-refractivity contribution in [2.24, 2.45) is 0 Å². The lowest BCUT2D eigenvalue weighted by Gasteiger charge is -2.04. The second-order valence-corrected chi connectivity index (χ2v) is 4.40. The second kappa shape index (κ2) is 6.79. The summed E-state index contributed by atoms with van der Waals surface area (Å²) in [6.45, 7) is 1.12. The summed E-state index contributed by atoms with van der Waals surface area (Å²) in [5.74, 6) is 0.0362. The molecule has 0 aliphatic rings. The van der Waals surface area contributed by atoms with Crippen LogP contribution in [0.3, 0.4) is 0 Å². The molecule has 1 aromatic rings. The lowest BCUT2D eigenvalue weighted by atomic mass is 10.1.